The molecule has 156 valence electrons. The van der Waals surface area contributed by atoms with Crippen LogP contribution in [0, 0.1) is 0 Å². The minimum absolute atomic E-state index is 0.232. The molecule has 0 saturated heterocycles. The Labute approximate surface area is 187 Å². The Morgan fingerprint density at radius 3 is 2.58 bits per heavy atom. The van der Waals surface area contributed by atoms with E-state index in [4.69, 9.17) is 0 Å². The number of tetrazole rings is 1. The van der Waals surface area contributed by atoms with Crippen molar-refractivity contribution in [2.45, 2.75) is 13.1 Å². The summed E-state index contributed by atoms with van der Waals surface area (Å²) in [4.78, 5) is 19.2. The second-order valence-electron chi connectivity index (χ2n) is 6.99. The molecule has 8 nitrogen and oxygen atoms in total. The average Bonchev–Trinajstić information content (AvgIpc) is 3.23. The molecule has 9 heteroatoms. The molecule has 2 aromatic heterocycles. The van der Waals surface area contributed by atoms with E-state index in [0.29, 0.717) is 17.9 Å². The van der Waals surface area contributed by atoms with Gasteiger partial charge in [-0.2, -0.15) is 4.80 Å². The fourth-order valence-corrected chi connectivity index (χ4v) is 3.39. The van der Waals surface area contributed by atoms with Crippen LogP contribution in [0.25, 0.3) is 11.4 Å². The van der Waals surface area contributed by atoms with Crippen LogP contribution in [0.3, 0.4) is 0 Å². The van der Waals surface area contributed by atoms with Crippen molar-refractivity contribution in [2.75, 3.05) is 11.9 Å². The predicted molar refractivity (Wildman–Crippen MR) is 120 cm³/mol. The van der Waals surface area contributed by atoms with Crippen molar-refractivity contribution in [2.24, 2.45) is 0 Å². The molecule has 0 unspecified atom stereocenters. The van der Waals surface area contributed by atoms with Gasteiger partial charge in [0.05, 0.1) is 12.1 Å². The maximum Gasteiger partial charge on any atom is 0.336 e. The lowest BCUT2D eigenvalue weighted by Crippen LogP contribution is -2.17. The molecule has 2 aromatic carbocycles. The first-order valence-electron chi connectivity index (χ1n) is 9.50. The quantitative estimate of drug-likeness (QED) is 0.430. The van der Waals surface area contributed by atoms with Crippen molar-refractivity contribution < 1.29 is 9.90 Å². The summed E-state index contributed by atoms with van der Waals surface area (Å²) in [5.74, 6) is 0.399. The lowest BCUT2D eigenvalue weighted by Gasteiger charge is -2.18. The van der Waals surface area contributed by atoms with E-state index in [1.165, 1.54) is 4.80 Å². The van der Waals surface area contributed by atoms with E-state index in [-0.39, 0.29) is 12.1 Å². The summed E-state index contributed by atoms with van der Waals surface area (Å²) in [6.07, 6.45) is 1.78. The van der Waals surface area contributed by atoms with Crippen LogP contribution >= 0.6 is 15.9 Å². The number of nitrogens with zero attached hydrogens (tertiary/aromatic N) is 6. The van der Waals surface area contributed by atoms with Crippen molar-refractivity contribution >= 4 is 27.7 Å². The number of halogens is 1. The zero-order valence-corrected chi connectivity index (χ0v) is 18.3. The molecule has 0 bridgehead atoms. The van der Waals surface area contributed by atoms with E-state index < -0.39 is 5.97 Å². The monoisotopic (exact) mass is 478 g/mol. The third-order valence-electron chi connectivity index (χ3n) is 4.75. The lowest BCUT2D eigenvalue weighted by molar-refractivity contribution is 0.0695. The van der Waals surface area contributed by atoms with Crippen LogP contribution in [-0.4, -0.2) is 43.3 Å². The number of aromatic nitrogens is 5. The van der Waals surface area contributed by atoms with Crippen LogP contribution in [0.2, 0.25) is 0 Å². The Morgan fingerprint density at radius 1 is 1.10 bits per heavy atom. The first kappa shape index (κ1) is 20.7. The number of rotatable bonds is 7. The molecule has 1 N–H and O–H groups in total. The molecule has 4 aromatic rings. The second kappa shape index (κ2) is 9.05. The highest BCUT2D eigenvalue weighted by Gasteiger charge is 2.12. The van der Waals surface area contributed by atoms with Gasteiger partial charge in [0, 0.05) is 29.8 Å². The van der Waals surface area contributed by atoms with Crippen LogP contribution < -0.4 is 4.90 Å². The number of anilines is 1. The van der Waals surface area contributed by atoms with Crippen LogP contribution in [0.15, 0.2) is 71.3 Å². The number of carboxylic acids is 1. The molecule has 0 aliphatic heterocycles. The number of hydrogen-bond donors (Lipinski definition) is 1. The number of carboxylic acid groups (broad SMARTS) is 1. The average molecular weight is 479 g/mol. The zero-order chi connectivity index (χ0) is 21.8. The number of hydrogen-bond acceptors (Lipinski definition) is 6. The molecular formula is C22H19BrN6O2. The van der Waals surface area contributed by atoms with E-state index in [1.54, 1.807) is 30.5 Å². The molecule has 0 amide bonds. The van der Waals surface area contributed by atoms with Crippen LogP contribution in [-0.2, 0) is 13.1 Å². The Hall–Kier alpha value is -3.59. The number of aromatic carboxylic acids is 1. The highest BCUT2D eigenvalue weighted by molar-refractivity contribution is 9.10. The van der Waals surface area contributed by atoms with Gasteiger partial charge < -0.3 is 10.0 Å². The number of pyridine rings is 1. The van der Waals surface area contributed by atoms with Gasteiger partial charge in [-0.25, -0.2) is 9.78 Å². The smallest absolute Gasteiger partial charge is 0.336 e. The summed E-state index contributed by atoms with van der Waals surface area (Å²) in [7, 11) is 1.99. The van der Waals surface area contributed by atoms with E-state index in [1.807, 2.05) is 43.4 Å². The van der Waals surface area contributed by atoms with Gasteiger partial charge in [-0.1, -0.05) is 42.5 Å². The summed E-state index contributed by atoms with van der Waals surface area (Å²) >= 11 is 3.40. The van der Waals surface area contributed by atoms with E-state index in [0.717, 1.165) is 21.4 Å². The largest absolute Gasteiger partial charge is 0.478 e. The highest BCUT2D eigenvalue weighted by Crippen LogP contribution is 2.19. The van der Waals surface area contributed by atoms with Crippen molar-refractivity contribution in [1.29, 1.82) is 0 Å². The summed E-state index contributed by atoms with van der Waals surface area (Å²) in [5, 5.41) is 21.9. The van der Waals surface area contributed by atoms with Gasteiger partial charge in [-0.05, 0) is 50.5 Å². The third-order valence-corrected chi connectivity index (χ3v) is 5.22. The van der Waals surface area contributed by atoms with Crippen molar-refractivity contribution in [3.05, 3.63) is 88.0 Å². The topological polar surface area (TPSA) is 97.0 Å². The minimum Gasteiger partial charge on any atom is -0.478 e. The summed E-state index contributed by atoms with van der Waals surface area (Å²) in [6.45, 7) is 0.944. The maximum absolute atomic E-state index is 11.4. The fraction of sp³-hybridized carbons (Fsp3) is 0.136. The molecule has 0 radical (unpaired) electrons. The van der Waals surface area contributed by atoms with Gasteiger partial charge in [-0.3, -0.25) is 0 Å². The molecule has 31 heavy (non-hydrogen) atoms. The first-order chi connectivity index (χ1) is 15.0. The van der Waals surface area contributed by atoms with Crippen LogP contribution in [0.5, 0.6) is 0 Å². The van der Waals surface area contributed by atoms with Gasteiger partial charge in [0.1, 0.15) is 5.82 Å². The Kier molecular flexibility index (Phi) is 6.03. The Balaban J connectivity index is 1.45. The SMILES string of the molecule is CN(Cc1ccc(-c2nnn(Cc3ccccc3C(=O)O)n2)cc1)c1ccc(Br)cn1. The molecule has 4 rings (SSSR count). The van der Waals surface area contributed by atoms with E-state index in [9.17, 15) is 9.90 Å². The van der Waals surface area contributed by atoms with Crippen molar-refractivity contribution in [1.82, 2.24) is 25.2 Å². The summed E-state index contributed by atoms with van der Waals surface area (Å²) < 4.78 is 0.945. The highest BCUT2D eigenvalue weighted by atomic mass is 79.9. The standard InChI is InChI=1S/C22H19BrN6O2/c1-28(20-11-10-18(23)12-24-20)13-15-6-8-16(9-7-15)21-25-27-29(26-21)14-17-4-2-3-5-19(17)22(30)31/h2-12H,13-14H2,1H3,(H,30,31). The molecule has 0 aliphatic carbocycles. The predicted octanol–water partition coefficient (Wildman–Crippen LogP) is 3.88. The molecular weight excluding hydrogens is 460 g/mol. The number of benzene rings is 2. The normalized spacial score (nSPS) is 10.8. The fourth-order valence-electron chi connectivity index (χ4n) is 3.15. The van der Waals surface area contributed by atoms with Gasteiger partial charge in [0.25, 0.3) is 0 Å². The van der Waals surface area contributed by atoms with Gasteiger partial charge in [0.2, 0.25) is 5.82 Å². The molecule has 2 heterocycles. The number of carbonyl (C=O) groups is 1. The van der Waals surface area contributed by atoms with Crippen LogP contribution in [0.1, 0.15) is 21.5 Å². The Bertz CT molecular complexity index is 1190. The first-order valence-corrected chi connectivity index (χ1v) is 10.3. The molecule has 0 atom stereocenters. The molecule has 0 fully saturated rings. The summed E-state index contributed by atoms with van der Waals surface area (Å²) in [5.41, 5.74) is 2.82. The summed E-state index contributed by atoms with van der Waals surface area (Å²) in [6, 6.07) is 18.7. The van der Waals surface area contributed by atoms with Gasteiger partial charge >= 0.3 is 5.97 Å². The Morgan fingerprint density at radius 2 is 1.87 bits per heavy atom. The van der Waals surface area contributed by atoms with Crippen molar-refractivity contribution in [3.63, 3.8) is 0 Å². The lowest BCUT2D eigenvalue weighted by atomic mass is 10.1. The molecule has 0 spiro atoms. The third kappa shape index (κ3) is 4.95. The van der Waals surface area contributed by atoms with Crippen molar-refractivity contribution in [3.8, 4) is 11.4 Å². The zero-order valence-electron chi connectivity index (χ0n) is 16.7. The van der Waals surface area contributed by atoms with E-state index >= 15 is 0 Å². The van der Waals surface area contributed by atoms with Gasteiger partial charge in [0.15, 0.2) is 0 Å². The molecule has 0 saturated carbocycles. The second-order valence-corrected chi connectivity index (χ2v) is 7.91. The molecule has 0 aliphatic rings. The maximum atomic E-state index is 11.4. The van der Waals surface area contributed by atoms with Gasteiger partial charge in [-0.15, -0.1) is 10.2 Å². The minimum atomic E-state index is -0.977. The van der Waals surface area contributed by atoms with Crippen LogP contribution in [0.4, 0.5) is 5.82 Å². The van der Waals surface area contributed by atoms with E-state index in [2.05, 4.69) is 41.2 Å².